The van der Waals surface area contributed by atoms with Gasteiger partial charge in [0.1, 0.15) is 6.29 Å². The van der Waals surface area contributed by atoms with Gasteiger partial charge < -0.3 is 10.6 Å². The van der Waals surface area contributed by atoms with E-state index in [0.29, 0.717) is 12.1 Å². The number of hydrazone groups is 1. The van der Waals surface area contributed by atoms with Gasteiger partial charge in [0.15, 0.2) is 5.84 Å². The summed E-state index contributed by atoms with van der Waals surface area (Å²) in [4.78, 5) is 13.0. The predicted octanol–water partition coefficient (Wildman–Crippen LogP) is 3.32. The number of carbonyl (C=O) groups excluding carboxylic acids is 1. The molecular formula is C20H26ClN5O. The molecule has 0 unspecified atom stereocenters. The summed E-state index contributed by atoms with van der Waals surface area (Å²) in [5.74, 6) is 0.599. The summed E-state index contributed by atoms with van der Waals surface area (Å²) in [5.41, 5.74) is 8.28. The lowest BCUT2D eigenvalue weighted by atomic mass is 10.1. The SMILES string of the molecule is CCN(CC)C(=NN(Cc1ccccc1)C(=N)N)c1ccc(C=O)cc1.Cl. The van der Waals surface area contributed by atoms with E-state index >= 15 is 0 Å². The summed E-state index contributed by atoms with van der Waals surface area (Å²) in [7, 11) is 0. The van der Waals surface area contributed by atoms with Crippen LogP contribution >= 0.6 is 12.4 Å². The molecule has 0 aliphatic rings. The Labute approximate surface area is 166 Å². The predicted molar refractivity (Wildman–Crippen MR) is 112 cm³/mol. The Kier molecular flexibility index (Phi) is 9.02. The van der Waals surface area contributed by atoms with Crippen molar-refractivity contribution in [3.05, 3.63) is 71.3 Å². The summed E-state index contributed by atoms with van der Waals surface area (Å²) in [5, 5.41) is 14.1. The van der Waals surface area contributed by atoms with Crippen LogP contribution in [0.1, 0.15) is 35.3 Å². The number of rotatable bonds is 7. The Morgan fingerprint density at radius 2 is 1.67 bits per heavy atom. The first-order chi connectivity index (χ1) is 12.6. The molecule has 2 aromatic rings. The van der Waals surface area contributed by atoms with Gasteiger partial charge in [-0.1, -0.05) is 54.6 Å². The van der Waals surface area contributed by atoms with E-state index in [1.807, 2.05) is 56.3 Å². The number of benzene rings is 2. The highest BCUT2D eigenvalue weighted by molar-refractivity contribution is 5.99. The molecule has 0 radical (unpaired) electrons. The molecule has 27 heavy (non-hydrogen) atoms. The number of guanidine groups is 1. The third-order valence-electron chi connectivity index (χ3n) is 4.04. The maximum absolute atomic E-state index is 10.9. The van der Waals surface area contributed by atoms with Crippen LogP contribution in [-0.2, 0) is 6.54 Å². The molecule has 0 bridgehead atoms. The lowest BCUT2D eigenvalue weighted by Gasteiger charge is -2.26. The number of aldehydes is 1. The number of carbonyl (C=O) groups is 1. The zero-order valence-corrected chi connectivity index (χ0v) is 16.4. The molecule has 7 heteroatoms. The molecule has 2 aromatic carbocycles. The Morgan fingerprint density at radius 1 is 1.07 bits per heavy atom. The fourth-order valence-electron chi connectivity index (χ4n) is 2.58. The maximum Gasteiger partial charge on any atom is 0.209 e. The van der Waals surface area contributed by atoms with Crippen LogP contribution in [0.5, 0.6) is 0 Å². The minimum Gasteiger partial charge on any atom is -0.369 e. The van der Waals surface area contributed by atoms with E-state index in [9.17, 15) is 4.79 Å². The van der Waals surface area contributed by atoms with Crippen molar-refractivity contribution >= 4 is 30.5 Å². The van der Waals surface area contributed by atoms with E-state index in [2.05, 4.69) is 10.0 Å². The minimum absolute atomic E-state index is 0. The van der Waals surface area contributed by atoms with Crippen molar-refractivity contribution < 1.29 is 4.79 Å². The molecule has 0 aliphatic carbocycles. The van der Waals surface area contributed by atoms with Crippen LogP contribution in [0.4, 0.5) is 0 Å². The molecular weight excluding hydrogens is 362 g/mol. The minimum atomic E-state index is -0.122. The first kappa shape index (κ1) is 22.2. The summed E-state index contributed by atoms with van der Waals surface area (Å²) in [6, 6.07) is 17.0. The quantitative estimate of drug-likeness (QED) is 0.330. The summed E-state index contributed by atoms with van der Waals surface area (Å²) < 4.78 is 0. The molecule has 3 N–H and O–H groups in total. The van der Waals surface area contributed by atoms with Crippen molar-refractivity contribution in [3.63, 3.8) is 0 Å². The van der Waals surface area contributed by atoms with Crippen LogP contribution in [0, 0.1) is 5.41 Å². The lowest BCUT2D eigenvalue weighted by Crippen LogP contribution is -2.38. The number of amidine groups is 1. The molecule has 6 nitrogen and oxygen atoms in total. The average Bonchev–Trinajstić information content (AvgIpc) is 2.68. The van der Waals surface area contributed by atoms with Gasteiger partial charge in [-0.15, -0.1) is 12.4 Å². The molecule has 0 amide bonds. The Hall–Kier alpha value is -2.86. The topological polar surface area (TPSA) is 85.8 Å². The molecule has 2 rings (SSSR count). The molecule has 0 aliphatic heterocycles. The van der Waals surface area contributed by atoms with Crippen molar-refractivity contribution in [2.75, 3.05) is 13.1 Å². The van der Waals surface area contributed by atoms with Gasteiger partial charge in [-0.2, -0.15) is 5.10 Å². The molecule has 0 saturated carbocycles. The van der Waals surface area contributed by atoms with Gasteiger partial charge in [0.05, 0.1) is 6.54 Å². The molecule has 0 fully saturated rings. The highest BCUT2D eigenvalue weighted by atomic mass is 35.5. The zero-order chi connectivity index (χ0) is 18.9. The van der Waals surface area contributed by atoms with E-state index in [1.54, 1.807) is 12.1 Å². The van der Waals surface area contributed by atoms with Crippen molar-refractivity contribution in [2.24, 2.45) is 10.8 Å². The van der Waals surface area contributed by atoms with Crippen LogP contribution in [0.2, 0.25) is 0 Å². The third kappa shape index (κ3) is 6.11. The summed E-state index contributed by atoms with van der Waals surface area (Å²) >= 11 is 0. The summed E-state index contributed by atoms with van der Waals surface area (Å²) in [6.07, 6.45) is 0.815. The Morgan fingerprint density at radius 3 is 2.15 bits per heavy atom. The van der Waals surface area contributed by atoms with Crippen LogP contribution in [0.25, 0.3) is 0 Å². The Balaban J connectivity index is 0.00000364. The summed E-state index contributed by atoms with van der Waals surface area (Å²) in [6.45, 7) is 6.04. The second kappa shape index (κ2) is 11.0. The van der Waals surface area contributed by atoms with E-state index in [4.69, 9.17) is 11.1 Å². The maximum atomic E-state index is 10.9. The van der Waals surface area contributed by atoms with E-state index in [1.165, 1.54) is 5.01 Å². The van der Waals surface area contributed by atoms with Crippen LogP contribution in [0.15, 0.2) is 59.7 Å². The Bertz CT molecular complexity index is 758. The van der Waals surface area contributed by atoms with E-state index in [0.717, 1.165) is 36.3 Å². The lowest BCUT2D eigenvalue weighted by molar-refractivity contribution is 0.112. The van der Waals surface area contributed by atoms with Crippen LogP contribution < -0.4 is 5.73 Å². The molecule has 0 saturated heterocycles. The van der Waals surface area contributed by atoms with Crippen molar-refractivity contribution in [1.82, 2.24) is 9.91 Å². The number of hydrogen-bond acceptors (Lipinski definition) is 3. The largest absolute Gasteiger partial charge is 0.369 e. The standard InChI is InChI=1S/C20H25N5O.ClH/c1-3-24(4-2)19(18-12-10-17(15-26)11-13-18)23-25(20(21)22)14-16-8-6-5-7-9-16;/h5-13,15H,3-4,14H2,1-2H3,(H3,21,22);1H. The normalized spacial score (nSPS) is 10.7. The van der Waals surface area contributed by atoms with Gasteiger partial charge in [0.2, 0.25) is 5.96 Å². The fourth-order valence-corrected chi connectivity index (χ4v) is 2.58. The van der Waals surface area contributed by atoms with Gasteiger partial charge in [-0.05, 0) is 19.4 Å². The van der Waals surface area contributed by atoms with Crippen LogP contribution in [-0.4, -0.2) is 41.1 Å². The molecule has 0 spiro atoms. The monoisotopic (exact) mass is 387 g/mol. The smallest absolute Gasteiger partial charge is 0.209 e. The van der Waals surface area contributed by atoms with Crippen LogP contribution in [0.3, 0.4) is 0 Å². The van der Waals surface area contributed by atoms with Gasteiger partial charge in [-0.25, -0.2) is 5.01 Å². The number of nitrogens with two attached hydrogens (primary N) is 1. The highest BCUT2D eigenvalue weighted by Crippen LogP contribution is 2.12. The second-order valence-corrected chi connectivity index (χ2v) is 5.76. The highest BCUT2D eigenvalue weighted by Gasteiger charge is 2.15. The molecule has 0 heterocycles. The van der Waals surface area contributed by atoms with Gasteiger partial charge in [-0.3, -0.25) is 10.2 Å². The second-order valence-electron chi connectivity index (χ2n) is 5.76. The average molecular weight is 388 g/mol. The fraction of sp³-hybridized carbons (Fsp3) is 0.250. The van der Waals surface area contributed by atoms with Gasteiger partial charge in [0.25, 0.3) is 0 Å². The van der Waals surface area contributed by atoms with Gasteiger partial charge in [0, 0.05) is 24.2 Å². The van der Waals surface area contributed by atoms with E-state index < -0.39 is 0 Å². The molecule has 144 valence electrons. The van der Waals surface area contributed by atoms with Crippen molar-refractivity contribution in [1.29, 1.82) is 5.41 Å². The number of nitrogens with zero attached hydrogens (tertiary/aromatic N) is 3. The first-order valence-electron chi connectivity index (χ1n) is 8.63. The van der Waals surface area contributed by atoms with Crippen molar-refractivity contribution in [2.45, 2.75) is 20.4 Å². The first-order valence-corrected chi connectivity index (χ1v) is 8.63. The number of nitrogens with one attached hydrogen (secondary N) is 1. The zero-order valence-electron chi connectivity index (χ0n) is 15.6. The molecule has 0 atom stereocenters. The number of halogens is 1. The number of hydrogen-bond donors (Lipinski definition) is 2. The molecule has 0 aromatic heterocycles. The van der Waals surface area contributed by atoms with E-state index in [-0.39, 0.29) is 18.4 Å². The van der Waals surface area contributed by atoms with Gasteiger partial charge >= 0.3 is 0 Å². The van der Waals surface area contributed by atoms with Crippen molar-refractivity contribution in [3.8, 4) is 0 Å². The third-order valence-corrected chi connectivity index (χ3v) is 4.04.